The lowest BCUT2D eigenvalue weighted by Crippen LogP contribution is -2.42. The third-order valence-electron chi connectivity index (χ3n) is 5.40. The van der Waals surface area contributed by atoms with Crippen molar-refractivity contribution in [1.29, 1.82) is 0 Å². The van der Waals surface area contributed by atoms with Gasteiger partial charge in [-0.25, -0.2) is 0 Å². The molecule has 1 amide bonds. The van der Waals surface area contributed by atoms with Crippen molar-refractivity contribution in [3.63, 3.8) is 0 Å². The monoisotopic (exact) mass is 359 g/mol. The SMILES string of the molecule is Cc1ccccc1C(=O)N1CCn2cccc2[C@H]1c1ccc(N(C)C)cc1. The number of carbonyl (C=O) groups is 1. The van der Waals surface area contributed by atoms with Crippen molar-refractivity contribution in [3.8, 4) is 0 Å². The zero-order valence-corrected chi connectivity index (χ0v) is 16.1. The molecule has 138 valence electrons. The molecule has 27 heavy (non-hydrogen) atoms. The summed E-state index contributed by atoms with van der Waals surface area (Å²) in [6.07, 6.45) is 2.10. The fraction of sp³-hybridized carbons (Fsp3) is 0.261. The Labute approximate surface area is 160 Å². The van der Waals surface area contributed by atoms with Crippen LogP contribution in [-0.4, -0.2) is 36.0 Å². The number of hydrogen-bond acceptors (Lipinski definition) is 2. The van der Waals surface area contributed by atoms with Crippen LogP contribution in [0, 0.1) is 6.92 Å². The lowest BCUT2D eigenvalue weighted by molar-refractivity contribution is 0.0663. The van der Waals surface area contributed by atoms with Crippen LogP contribution >= 0.6 is 0 Å². The number of rotatable bonds is 3. The highest BCUT2D eigenvalue weighted by molar-refractivity contribution is 5.96. The topological polar surface area (TPSA) is 28.5 Å². The Balaban J connectivity index is 1.77. The number of nitrogens with zero attached hydrogens (tertiary/aromatic N) is 3. The average molecular weight is 359 g/mol. The first kappa shape index (κ1) is 17.4. The fourth-order valence-electron chi connectivity index (χ4n) is 3.88. The summed E-state index contributed by atoms with van der Waals surface area (Å²) in [6, 6.07) is 20.5. The zero-order valence-electron chi connectivity index (χ0n) is 16.1. The molecule has 2 heterocycles. The van der Waals surface area contributed by atoms with Crippen LogP contribution in [0.15, 0.2) is 66.9 Å². The molecule has 0 unspecified atom stereocenters. The summed E-state index contributed by atoms with van der Waals surface area (Å²) in [5.41, 5.74) is 5.27. The van der Waals surface area contributed by atoms with E-state index < -0.39 is 0 Å². The molecule has 4 nitrogen and oxygen atoms in total. The molecule has 1 aliphatic rings. The minimum Gasteiger partial charge on any atom is -0.378 e. The Morgan fingerprint density at radius 1 is 0.963 bits per heavy atom. The number of aromatic nitrogens is 1. The summed E-state index contributed by atoms with van der Waals surface area (Å²) in [7, 11) is 4.07. The van der Waals surface area contributed by atoms with Gasteiger partial charge in [0, 0.05) is 50.3 Å². The lowest BCUT2D eigenvalue weighted by Gasteiger charge is -2.37. The lowest BCUT2D eigenvalue weighted by atomic mass is 9.97. The number of carbonyl (C=O) groups excluding carboxylic acids is 1. The first-order chi connectivity index (χ1) is 13.1. The molecule has 0 fully saturated rings. The summed E-state index contributed by atoms with van der Waals surface area (Å²) in [4.78, 5) is 17.5. The van der Waals surface area contributed by atoms with Crippen molar-refractivity contribution >= 4 is 11.6 Å². The van der Waals surface area contributed by atoms with E-state index in [1.54, 1.807) is 0 Å². The van der Waals surface area contributed by atoms with Gasteiger partial charge in [0.25, 0.3) is 5.91 Å². The van der Waals surface area contributed by atoms with Crippen molar-refractivity contribution in [2.45, 2.75) is 19.5 Å². The molecule has 0 aliphatic carbocycles. The number of hydrogen-bond donors (Lipinski definition) is 0. The predicted molar refractivity (Wildman–Crippen MR) is 109 cm³/mol. The van der Waals surface area contributed by atoms with Gasteiger partial charge in [0.2, 0.25) is 0 Å². The molecular weight excluding hydrogens is 334 g/mol. The molecule has 0 spiro atoms. The Kier molecular flexibility index (Phi) is 4.48. The van der Waals surface area contributed by atoms with Crippen molar-refractivity contribution in [2.75, 3.05) is 25.5 Å². The van der Waals surface area contributed by atoms with Crippen LogP contribution in [0.2, 0.25) is 0 Å². The highest BCUT2D eigenvalue weighted by atomic mass is 16.2. The molecule has 0 saturated carbocycles. The summed E-state index contributed by atoms with van der Waals surface area (Å²) >= 11 is 0. The molecule has 4 heteroatoms. The van der Waals surface area contributed by atoms with Crippen LogP contribution in [0.3, 0.4) is 0 Å². The first-order valence-corrected chi connectivity index (χ1v) is 9.35. The minimum atomic E-state index is -0.0722. The van der Waals surface area contributed by atoms with E-state index in [1.807, 2.05) is 50.2 Å². The van der Waals surface area contributed by atoms with Crippen LogP contribution in [0.1, 0.15) is 33.2 Å². The highest BCUT2D eigenvalue weighted by Crippen LogP contribution is 2.34. The van der Waals surface area contributed by atoms with Gasteiger partial charge in [-0.3, -0.25) is 4.79 Å². The number of fused-ring (bicyclic) bond motifs is 1. The van der Waals surface area contributed by atoms with E-state index in [4.69, 9.17) is 0 Å². The molecule has 3 aromatic rings. The number of anilines is 1. The summed E-state index contributed by atoms with van der Waals surface area (Å²) in [5.74, 6) is 0.0993. The van der Waals surface area contributed by atoms with E-state index in [-0.39, 0.29) is 11.9 Å². The Bertz CT molecular complexity index is 956. The van der Waals surface area contributed by atoms with Crippen LogP contribution in [0.25, 0.3) is 0 Å². The molecule has 4 rings (SSSR count). The van der Waals surface area contributed by atoms with Gasteiger partial charge >= 0.3 is 0 Å². The van der Waals surface area contributed by atoms with Crippen LogP contribution in [-0.2, 0) is 6.54 Å². The summed E-state index contributed by atoms with van der Waals surface area (Å²) in [6.45, 7) is 3.53. The average Bonchev–Trinajstić information content (AvgIpc) is 3.16. The molecule has 1 aromatic heterocycles. The van der Waals surface area contributed by atoms with E-state index in [1.165, 1.54) is 5.69 Å². The third kappa shape index (κ3) is 3.12. The Morgan fingerprint density at radius 3 is 2.41 bits per heavy atom. The normalized spacial score (nSPS) is 16.1. The standard InChI is InChI=1S/C23H25N3O/c1-17-7-4-5-8-20(17)23(27)26-16-15-25-14-6-9-21(25)22(26)18-10-12-19(13-11-18)24(2)3/h4-14,22H,15-16H2,1-3H3/t22-/m1/s1. The largest absolute Gasteiger partial charge is 0.378 e. The second-order valence-corrected chi connectivity index (χ2v) is 7.33. The molecule has 2 aromatic carbocycles. The summed E-state index contributed by atoms with van der Waals surface area (Å²) < 4.78 is 2.26. The number of amides is 1. The maximum atomic E-state index is 13.4. The number of benzene rings is 2. The second kappa shape index (κ2) is 6.95. The van der Waals surface area contributed by atoms with Gasteiger partial charge in [0.05, 0.1) is 6.04 Å². The molecule has 0 radical (unpaired) electrons. The van der Waals surface area contributed by atoms with Crippen LogP contribution in [0.4, 0.5) is 5.69 Å². The first-order valence-electron chi connectivity index (χ1n) is 9.35. The van der Waals surface area contributed by atoms with Crippen molar-refractivity contribution < 1.29 is 4.79 Å². The molecule has 0 N–H and O–H groups in total. The Hall–Kier alpha value is -3.01. The van der Waals surface area contributed by atoms with E-state index in [0.717, 1.165) is 28.9 Å². The van der Waals surface area contributed by atoms with Gasteiger partial charge in [-0.2, -0.15) is 0 Å². The third-order valence-corrected chi connectivity index (χ3v) is 5.40. The summed E-state index contributed by atoms with van der Waals surface area (Å²) in [5, 5.41) is 0. The molecular formula is C23H25N3O. The number of aryl methyl sites for hydroxylation is 1. The van der Waals surface area contributed by atoms with Gasteiger partial charge in [0.15, 0.2) is 0 Å². The molecule has 0 bridgehead atoms. The van der Waals surface area contributed by atoms with Crippen molar-refractivity contribution in [1.82, 2.24) is 9.47 Å². The molecule has 0 saturated heterocycles. The molecule has 1 atom stereocenters. The van der Waals surface area contributed by atoms with Gasteiger partial charge < -0.3 is 14.4 Å². The van der Waals surface area contributed by atoms with Crippen LogP contribution in [0.5, 0.6) is 0 Å². The smallest absolute Gasteiger partial charge is 0.255 e. The van der Waals surface area contributed by atoms with Crippen molar-refractivity contribution in [3.05, 3.63) is 89.2 Å². The molecule has 1 aliphatic heterocycles. The predicted octanol–water partition coefficient (Wildman–Crippen LogP) is 4.11. The van der Waals surface area contributed by atoms with Gasteiger partial charge in [-0.1, -0.05) is 30.3 Å². The van der Waals surface area contributed by atoms with E-state index in [9.17, 15) is 4.79 Å². The van der Waals surface area contributed by atoms with Crippen LogP contribution < -0.4 is 4.90 Å². The second-order valence-electron chi connectivity index (χ2n) is 7.33. The van der Waals surface area contributed by atoms with Gasteiger partial charge in [0.1, 0.15) is 0 Å². The maximum absolute atomic E-state index is 13.4. The van der Waals surface area contributed by atoms with E-state index in [0.29, 0.717) is 6.54 Å². The zero-order chi connectivity index (χ0) is 19.0. The highest BCUT2D eigenvalue weighted by Gasteiger charge is 2.33. The minimum absolute atomic E-state index is 0.0722. The van der Waals surface area contributed by atoms with Gasteiger partial charge in [-0.05, 0) is 48.4 Å². The van der Waals surface area contributed by atoms with E-state index >= 15 is 0 Å². The van der Waals surface area contributed by atoms with Crippen molar-refractivity contribution in [2.24, 2.45) is 0 Å². The van der Waals surface area contributed by atoms with E-state index in [2.05, 4.69) is 52.1 Å². The Morgan fingerprint density at radius 2 is 1.70 bits per heavy atom. The maximum Gasteiger partial charge on any atom is 0.255 e. The quantitative estimate of drug-likeness (QED) is 0.704. The fourth-order valence-corrected chi connectivity index (χ4v) is 3.88. The van der Waals surface area contributed by atoms with Gasteiger partial charge in [-0.15, -0.1) is 0 Å².